The number of benzene rings is 1. The lowest BCUT2D eigenvalue weighted by molar-refractivity contribution is 0.143. The number of aliphatic hydroxyl groups excluding tert-OH is 1. The molecular formula is C14H19BrN2O2. The first-order valence-corrected chi connectivity index (χ1v) is 7.33. The van der Waals surface area contributed by atoms with Gasteiger partial charge in [0.15, 0.2) is 0 Å². The van der Waals surface area contributed by atoms with Crippen molar-refractivity contribution in [3.63, 3.8) is 0 Å². The maximum Gasteiger partial charge on any atom is 0.321 e. The van der Waals surface area contributed by atoms with Crippen LogP contribution in [0, 0.1) is 12.8 Å². The number of nitrogens with zero attached hydrogens (tertiary/aromatic N) is 1. The molecule has 2 N–H and O–H groups in total. The van der Waals surface area contributed by atoms with Crippen LogP contribution >= 0.6 is 15.9 Å². The summed E-state index contributed by atoms with van der Waals surface area (Å²) in [5.74, 6) is 0.342. The summed E-state index contributed by atoms with van der Waals surface area (Å²) < 4.78 is 0.925. The third-order valence-electron chi connectivity index (χ3n) is 3.59. The van der Waals surface area contributed by atoms with Gasteiger partial charge in [0.25, 0.3) is 0 Å². The third-order valence-corrected chi connectivity index (χ3v) is 4.65. The number of carbonyl (C=O) groups is 1. The number of amides is 2. The van der Waals surface area contributed by atoms with Crippen LogP contribution in [0.4, 0.5) is 10.5 Å². The molecule has 0 aliphatic carbocycles. The lowest BCUT2D eigenvalue weighted by atomic mass is 9.98. The van der Waals surface area contributed by atoms with Crippen molar-refractivity contribution in [1.29, 1.82) is 0 Å². The zero-order chi connectivity index (χ0) is 13.8. The summed E-state index contributed by atoms with van der Waals surface area (Å²) in [6.07, 6.45) is 1.75. The molecule has 2 amide bonds. The average molecular weight is 327 g/mol. The number of piperidine rings is 1. The van der Waals surface area contributed by atoms with Gasteiger partial charge in [0.2, 0.25) is 0 Å². The van der Waals surface area contributed by atoms with Gasteiger partial charge in [-0.15, -0.1) is 0 Å². The molecule has 5 heteroatoms. The van der Waals surface area contributed by atoms with E-state index in [1.165, 1.54) is 0 Å². The highest BCUT2D eigenvalue weighted by molar-refractivity contribution is 9.10. The molecule has 1 aliphatic rings. The van der Waals surface area contributed by atoms with Gasteiger partial charge in [-0.2, -0.15) is 0 Å². The monoisotopic (exact) mass is 326 g/mol. The van der Waals surface area contributed by atoms with E-state index in [9.17, 15) is 4.79 Å². The number of hydrogen-bond acceptors (Lipinski definition) is 2. The number of anilines is 1. The summed E-state index contributed by atoms with van der Waals surface area (Å²) in [4.78, 5) is 14.0. The fraction of sp³-hybridized carbons (Fsp3) is 0.500. The summed E-state index contributed by atoms with van der Waals surface area (Å²) in [5, 5.41) is 12.0. The van der Waals surface area contributed by atoms with E-state index in [-0.39, 0.29) is 12.6 Å². The topological polar surface area (TPSA) is 52.6 Å². The second-order valence-corrected chi connectivity index (χ2v) is 5.77. The number of aryl methyl sites for hydroxylation is 1. The van der Waals surface area contributed by atoms with Crippen LogP contribution in [0.1, 0.15) is 18.4 Å². The van der Waals surface area contributed by atoms with Crippen molar-refractivity contribution >= 4 is 27.6 Å². The van der Waals surface area contributed by atoms with Gasteiger partial charge in [0.1, 0.15) is 0 Å². The standard InChI is InChI=1S/C14H19BrN2O2/c1-10-3-2-4-12(13(10)15)16-14(19)17-7-5-11(9-18)6-8-17/h2-4,11,18H,5-9H2,1H3,(H,16,19). The molecule has 4 nitrogen and oxygen atoms in total. The van der Waals surface area contributed by atoms with Gasteiger partial charge >= 0.3 is 6.03 Å². The summed E-state index contributed by atoms with van der Waals surface area (Å²) in [5.41, 5.74) is 1.89. The Morgan fingerprint density at radius 1 is 1.47 bits per heavy atom. The van der Waals surface area contributed by atoms with Crippen LogP contribution in [-0.2, 0) is 0 Å². The van der Waals surface area contributed by atoms with Gasteiger partial charge in [0, 0.05) is 24.2 Å². The Labute approximate surface area is 121 Å². The van der Waals surface area contributed by atoms with Crippen molar-refractivity contribution in [3.8, 4) is 0 Å². The van der Waals surface area contributed by atoms with Crippen LogP contribution in [0.5, 0.6) is 0 Å². The molecule has 0 spiro atoms. The number of hydrogen-bond donors (Lipinski definition) is 2. The van der Waals surface area contributed by atoms with Gasteiger partial charge in [-0.3, -0.25) is 0 Å². The molecule has 19 heavy (non-hydrogen) atoms. The Balaban J connectivity index is 1.96. The van der Waals surface area contributed by atoms with Crippen LogP contribution in [0.2, 0.25) is 0 Å². The molecule has 1 saturated heterocycles. The van der Waals surface area contributed by atoms with Gasteiger partial charge in [0.05, 0.1) is 5.69 Å². The van der Waals surface area contributed by atoms with E-state index in [1.807, 2.05) is 25.1 Å². The molecule has 104 valence electrons. The Morgan fingerprint density at radius 2 is 2.16 bits per heavy atom. The van der Waals surface area contributed by atoms with E-state index >= 15 is 0 Å². The van der Waals surface area contributed by atoms with Crippen molar-refractivity contribution in [2.45, 2.75) is 19.8 Å². The van der Waals surface area contributed by atoms with E-state index in [4.69, 9.17) is 5.11 Å². The van der Waals surface area contributed by atoms with Gasteiger partial charge in [-0.1, -0.05) is 12.1 Å². The van der Waals surface area contributed by atoms with Crippen LogP contribution in [0.15, 0.2) is 22.7 Å². The minimum atomic E-state index is -0.0670. The number of rotatable bonds is 2. The van der Waals surface area contributed by atoms with E-state index in [0.717, 1.165) is 28.6 Å². The molecule has 1 aromatic carbocycles. The van der Waals surface area contributed by atoms with E-state index in [2.05, 4.69) is 21.2 Å². The second kappa shape index (κ2) is 6.39. The largest absolute Gasteiger partial charge is 0.396 e. The van der Waals surface area contributed by atoms with E-state index in [0.29, 0.717) is 19.0 Å². The third kappa shape index (κ3) is 3.48. The van der Waals surface area contributed by atoms with Crippen molar-refractivity contribution in [2.24, 2.45) is 5.92 Å². The lowest BCUT2D eigenvalue weighted by Gasteiger charge is -2.31. The van der Waals surface area contributed by atoms with Gasteiger partial charge < -0.3 is 15.3 Å². The Hall–Kier alpha value is -1.07. The summed E-state index contributed by atoms with van der Waals surface area (Å²) >= 11 is 3.49. The fourth-order valence-electron chi connectivity index (χ4n) is 2.26. The maximum absolute atomic E-state index is 12.2. The van der Waals surface area contributed by atoms with Gasteiger partial charge in [-0.05, 0) is 53.2 Å². The second-order valence-electron chi connectivity index (χ2n) is 4.98. The van der Waals surface area contributed by atoms with Crippen LogP contribution in [0.3, 0.4) is 0 Å². The zero-order valence-electron chi connectivity index (χ0n) is 11.0. The van der Waals surface area contributed by atoms with Crippen LogP contribution in [-0.4, -0.2) is 35.7 Å². The normalized spacial score (nSPS) is 16.5. The smallest absolute Gasteiger partial charge is 0.321 e. The first-order chi connectivity index (χ1) is 9.11. The summed E-state index contributed by atoms with van der Waals surface area (Å²) in [6.45, 7) is 3.63. The number of halogens is 1. The maximum atomic E-state index is 12.2. The number of nitrogens with one attached hydrogen (secondary N) is 1. The molecule has 0 atom stereocenters. The molecule has 1 aliphatic heterocycles. The Bertz CT molecular complexity index is 457. The summed E-state index contributed by atoms with van der Waals surface area (Å²) in [7, 11) is 0. The number of carbonyl (C=O) groups excluding carboxylic acids is 1. The fourth-order valence-corrected chi connectivity index (χ4v) is 2.62. The van der Waals surface area contributed by atoms with Crippen molar-refractivity contribution in [3.05, 3.63) is 28.2 Å². The first-order valence-electron chi connectivity index (χ1n) is 6.53. The molecule has 1 heterocycles. The molecule has 1 aromatic rings. The highest BCUT2D eigenvalue weighted by atomic mass is 79.9. The number of aliphatic hydroxyl groups is 1. The van der Waals surface area contributed by atoms with Crippen molar-refractivity contribution in [1.82, 2.24) is 4.90 Å². The molecule has 2 rings (SSSR count). The zero-order valence-corrected chi connectivity index (χ0v) is 12.6. The number of likely N-dealkylation sites (tertiary alicyclic amines) is 1. The highest BCUT2D eigenvalue weighted by Gasteiger charge is 2.22. The number of urea groups is 1. The highest BCUT2D eigenvalue weighted by Crippen LogP contribution is 2.26. The lowest BCUT2D eigenvalue weighted by Crippen LogP contribution is -2.41. The van der Waals surface area contributed by atoms with Gasteiger partial charge in [-0.25, -0.2) is 4.79 Å². The first kappa shape index (κ1) is 14.3. The SMILES string of the molecule is Cc1cccc(NC(=O)N2CCC(CO)CC2)c1Br. The molecule has 0 saturated carbocycles. The molecule has 0 unspecified atom stereocenters. The molecule has 0 radical (unpaired) electrons. The molecule has 0 aromatic heterocycles. The Morgan fingerprint density at radius 3 is 2.79 bits per heavy atom. The van der Waals surface area contributed by atoms with Crippen molar-refractivity contribution < 1.29 is 9.90 Å². The quantitative estimate of drug-likeness (QED) is 0.877. The molecule has 1 fully saturated rings. The predicted octanol–water partition coefficient (Wildman–Crippen LogP) is 2.99. The average Bonchev–Trinajstić information content (AvgIpc) is 2.44. The molecular weight excluding hydrogens is 308 g/mol. The minimum Gasteiger partial charge on any atom is -0.396 e. The predicted molar refractivity (Wildman–Crippen MR) is 79.3 cm³/mol. The Kier molecular flexibility index (Phi) is 4.82. The minimum absolute atomic E-state index is 0.0670. The van der Waals surface area contributed by atoms with Crippen LogP contribution in [0.25, 0.3) is 0 Å². The summed E-state index contributed by atoms with van der Waals surface area (Å²) in [6, 6.07) is 5.73. The van der Waals surface area contributed by atoms with E-state index in [1.54, 1.807) is 4.90 Å². The van der Waals surface area contributed by atoms with E-state index < -0.39 is 0 Å². The van der Waals surface area contributed by atoms with Crippen molar-refractivity contribution in [2.75, 3.05) is 25.0 Å². The van der Waals surface area contributed by atoms with Crippen LogP contribution < -0.4 is 5.32 Å². The molecule has 0 bridgehead atoms.